The van der Waals surface area contributed by atoms with Gasteiger partial charge in [0, 0.05) is 0 Å². The van der Waals surface area contributed by atoms with Gasteiger partial charge in [0.25, 0.3) is 5.56 Å². The first-order chi connectivity index (χ1) is 11.5. The van der Waals surface area contributed by atoms with Gasteiger partial charge in [-0.05, 0) is 32.4 Å². The van der Waals surface area contributed by atoms with Gasteiger partial charge in [-0.1, -0.05) is 24.2 Å². The minimum atomic E-state index is -0.714. The molecule has 1 atom stereocenters. The van der Waals surface area contributed by atoms with Crippen LogP contribution in [0.3, 0.4) is 0 Å². The summed E-state index contributed by atoms with van der Waals surface area (Å²) >= 11 is 0. The van der Waals surface area contributed by atoms with E-state index in [0.29, 0.717) is 40.2 Å². The van der Waals surface area contributed by atoms with Gasteiger partial charge in [0.05, 0.1) is 16.6 Å². The van der Waals surface area contributed by atoms with Crippen LogP contribution in [0.5, 0.6) is 0 Å². The van der Waals surface area contributed by atoms with Crippen LogP contribution in [0.4, 0.5) is 0 Å². The molecule has 0 spiro atoms. The van der Waals surface area contributed by atoms with Gasteiger partial charge in [-0.25, -0.2) is 9.78 Å². The Morgan fingerprint density at radius 2 is 2.12 bits per heavy atom. The fourth-order valence-electron chi connectivity index (χ4n) is 2.49. The molecule has 0 saturated carbocycles. The second-order valence-corrected chi connectivity index (χ2v) is 5.43. The van der Waals surface area contributed by atoms with Gasteiger partial charge in [0.2, 0.25) is 0 Å². The molecule has 2 heterocycles. The lowest BCUT2D eigenvalue weighted by Gasteiger charge is -2.13. The summed E-state index contributed by atoms with van der Waals surface area (Å²) in [4.78, 5) is 31.5. The van der Waals surface area contributed by atoms with Crippen LogP contribution in [0.25, 0.3) is 10.9 Å². The molecule has 3 rings (SSSR count). The Bertz CT molecular complexity index is 958. The van der Waals surface area contributed by atoms with Crippen molar-refractivity contribution in [3.63, 3.8) is 0 Å². The molecule has 0 aliphatic heterocycles. The molecular weight excluding hydrogens is 310 g/mol. The summed E-state index contributed by atoms with van der Waals surface area (Å²) in [5.74, 6) is 0.150. The first kappa shape index (κ1) is 15.9. The summed E-state index contributed by atoms with van der Waals surface area (Å²) < 4.78 is 10.5. The Labute approximate surface area is 137 Å². The molecule has 1 N–H and O–H groups in total. The number of carbonyl (C=O) groups excluding carboxylic acids is 1. The van der Waals surface area contributed by atoms with Crippen LogP contribution in [-0.2, 0) is 11.2 Å². The standard InChI is InChI=1S/C17H17N3O4/c1-4-12-14(9(2)24-20-12)17(22)23-10(3)15-18-13-8-6-5-7-11(13)16(21)19-15/h5-8,10H,4H2,1-3H3,(H,18,19,21). The molecule has 0 bridgehead atoms. The van der Waals surface area contributed by atoms with Crippen molar-refractivity contribution in [3.8, 4) is 0 Å². The van der Waals surface area contributed by atoms with Crippen molar-refractivity contribution in [1.29, 1.82) is 0 Å². The number of aromatic nitrogens is 3. The summed E-state index contributed by atoms with van der Waals surface area (Å²) in [6.45, 7) is 5.18. The topological polar surface area (TPSA) is 98.1 Å². The molecule has 1 unspecified atom stereocenters. The lowest BCUT2D eigenvalue weighted by atomic mass is 10.1. The number of para-hydroxylation sites is 1. The van der Waals surface area contributed by atoms with Crippen molar-refractivity contribution in [3.05, 3.63) is 57.5 Å². The predicted molar refractivity (Wildman–Crippen MR) is 86.8 cm³/mol. The number of H-pyrrole nitrogens is 1. The van der Waals surface area contributed by atoms with Crippen LogP contribution in [0.1, 0.15) is 47.6 Å². The summed E-state index contributed by atoms with van der Waals surface area (Å²) in [7, 11) is 0. The Morgan fingerprint density at radius 1 is 1.38 bits per heavy atom. The molecule has 7 heteroatoms. The molecule has 2 aromatic heterocycles. The highest BCUT2D eigenvalue weighted by Crippen LogP contribution is 2.20. The predicted octanol–water partition coefficient (Wildman–Crippen LogP) is 2.70. The second kappa shape index (κ2) is 6.27. The number of ether oxygens (including phenoxy) is 1. The molecular formula is C17H17N3O4. The van der Waals surface area contributed by atoms with Crippen LogP contribution in [0.15, 0.2) is 33.6 Å². The maximum atomic E-state index is 12.4. The second-order valence-electron chi connectivity index (χ2n) is 5.43. The Balaban J connectivity index is 1.90. The quantitative estimate of drug-likeness (QED) is 0.740. The normalized spacial score (nSPS) is 12.3. The van der Waals surface area contributed by atoms with E-state index in [4.69, 9.17) is 9.26 Å². The molecule has 7 nitrogen and oxygen atoms in total. The number of nitrogens with one attached hydrogen (secondary N) is 1. The number of carbonyl (C=O) groups is 1. The van der Waals surface area contributed by atoms with Gasteiger partial charge in [-0.3, -0.25) is 4.79 Å². The van der Waals surface area contributed by atoms with Crippen molar-refractivity contribution in [1.82, 2.24) is 15.1 Å². The lowest BCUT2D eigenvalue weighted by Crippen LogP contribution is -2.18. The highest BCUT2D eigenvalue weighted by Gasteiger charge is 2.24. The number of fused-ring (bicyclic) bond motifs is 1. The van der Waals surface area contributed by atoms with Crippen LogP contribution in [0.2, 0.25) is 0 Å². The SMILES string of the molecule is CCc1noc(C)c1C(=O)OC(C)c1nc2ccccc2c(=O)[nH]1. The lowest BCUT2D eigenvalue weighted by molar-refractivity contribution is 0.0317. The smallest absolute Gasteiger partial charge is 0.344 e. The summed E-state index contributed by atoms with van der Waals surface area (Å²) in [6.07, 6.45) is -0.157. The van der Waals surface area contributed by atoms with E-state index >= 15 is 0 Å². The van der Waals surface area contributed by atoms with Gasteiger partial charge < -0.3 is 14.2 Å². The number of nitrogens with zero attached hydrogens (tertiary/aromatic N) is 2. The minimum Gasteiger partial charge on any atom is -0.451 e. The number of aryl methyl sites for hydroxylation is 2. The zero-order valence-electron chi connectivity index (χ0n) is 13.6. The number of aromatic amines is 1. The van der Waals surface area contributed by atoms with E-state index in [-0.39, 0.29) is 5.56 Å². The van der Waals surface area contributed by atoms with E-state index in [9.17, 15) is 9.59 Å². The van der Waals surface area contributed by atoms with Crippen LogP contribution < -0.4 is 5.56 Å². The number of hydrogen-bond acceptors (Lipinski definition) is 6. The van der Waals surface area contributed by atoms with Gasteiger partial charge in [-0.15, -0.1) is 0 Å². The molecule has 0 amide bonds. The third kappa shape index (κ3) is 2.80. The molecule has 1 aromatic carbocycles. The Hall–Kier alpha value is -2.96. The van der Waals surface area contributed by atoms with Crippen molar-refractivity contribution < 1.29 is 14.1 Å². The maximum absolute atomic E-state index is 12.4. The summed E-state index contributed by atoms with van der Waals surface area (Å²) in [5, 5.41) is 4.33. The largest absolute Gasteiger partial charge is 0.451 e. The molecule has 0 aliphatic rings. The van der Waals surface area contributed by atoms with E-state index in [1.165, 1.54) is 0 Å². The number of rotatable bonds is 4. The van der Waals surface area contributed by atoms with Crippen LogP contribution >= 0.6 is 0 Å². The number of hydrogen-bond donors (Lipinski definition) is 1. The minimum absolute atomic E-state index is 0.270. The molecule has 124 valence electrons. The van der Waals surface area contributed by atoms with E-state index in [1.807, 2.05) is 6.92 Å². The average Bonchev–Trinajstić information content (AvgIpc) is 2.95. The number of benzene rings is 1. The molecule has 24 heavy (non-hydrogen) atoms. The van der Waals surface area contributed by atoms with Gasteiger partial charge in [0.1, 0.15) is 11.3 Å². The van der Waals surface area contributed by atoms with Crippen molar-refractivity contribution in [2.24, 2.45) is 0 Å². The first-order valence-corrected chi connectivity index (χ1v) is 7.66. The monoisotopic (exact) mass is 327 g/mol. The van der Waals surface area contributed by atoms with Gasteiger partial charge >= 0.3 is 5.97 Å². The molecule has 3 aromatic rings. The average molecular weight is 327 g/mol. The third-order valence-electron chi connectivity index (χ3n) is 3.77. The van der Waals surface area contributed by atoms with E-state index in [2.05, 4.69) is 15.1 Å². The Kier molecular flexibility index (Phi) is 4.16. The summed E-state index contributed by atoms with van der Waals surface area (Å²) in [6, 6.07) is 6.99. The highest BCUT2D eigenvalue weighted by atomic mass is 16.5. The summed E-state index contributed by atoms with van der Waals surface area (Å²) in [5.41, 5.74) is 1.15. The number of esters is 1. The van der Waals surface area contributed by atoms with E-state index in [1.54, 1.807) is 38.1 Å². The fraction of sp³-hybridized carbons (Fsp3) is 0.294. The Morgan fingerprint density at radius 3 is 2.88 bits per heavy atom. The zero-order valence-corrected chi connectivity index (χ0v) is 13.6. The zero-order chi connectivity index (χ0) is 17.3. The third-order valence-corrected chi connectivity index (χ3v) is 3.77. The van der Waals surface area contributed by atoms with Crippen molar-refractivity contribution in [2.75, 3.05) is 0 Å². The van der Waals surface area contributed by atoms with Crippen LogP contribution in [-0.4, -0.2) is 21.1 Å². The molecule has 0 aliphatic carbocycles. The van der Waals surface area contributed by atoms with Gasteiger partial charge in [-0.2, -0.15) is 0 Å². The molecule has 0 saturated heterocycles. The molecule has 0 fully saturated rings. The fourth-order valence-corrected chi connectivity index (χ4v) is 2.49. The maximum Gasteiger partial charge on any atom is 0.344 e. The molecule has 0 radical (unpaired) electrons. The van der Waals surface area contributed by atoms with Crippen molar-refractivity contribution in [2.45, 2.75) is 33.3 Å². The van der Waals surface area contributed by atoms with E-state index in [0.717, 1.165) is 0 Å². The van der Waals surface area contributed by atoms with E-state index < -0.39 is 12.1 Å². The van der Waals surface area contributed by atoms with Gasteiger partial charge in [0.15, 0.2) is 11.9 Å². The first-order valence-electron chi connectivity index (χ1n) is 7.66. The highest BCUT2D eigenvalue weighted by molar-refractivity contribution is 5.91. The van der Waals surface area contributed by atoms with Crippen molar-refractivity contribution >= 4 is 16.9 Å². The van der Waals surface area contributed by atoms with Crippen LogP contribution in [0, 0.1) is 6.92 Å².